The van der Waals surface area contributed by atoms with Crippen molar-refractivity contribution in [2.45, 2.75) is 18.8 Å². The van der Waals surface area contributed by atoms with Crippen molar-refractivity contribution in [1.82, 2.24) is 15.5 Å². The number of halogens is 1. The molecule has 1 saturated heterocycles. The molecule has 21 heavy (non-hydrogen) atoms. The van der Waals surface area contributed by atoms with Gasteiger partial charge >= 0.3 is 0 Å². The summed E-state index contributed by atoms with van der Waals surface area (Å²) in [4.78, 5) is 12.1. The molecule has 0 aliphatic carbocycles. The Hall–Kier alpha value is -1.86. The number of hydrogen-bond donors (Lipinski definition) is 2. The van der Waals surface area contributed by atoms with Gasteiger partial charge in [-0.25, -0.2) is 4.39 Å². The molecule has 110 valence electrons. The Balaban J connectivity index is 1.67. The van der Waals surface area contributed by atoms with Crippen LogP contribution in [0.5, 0.6) is 0 Å². The predicted octanol–water partition coefficient (Wildman–Crippen LogP) is 2.40. The number of nitrogens with zero attached hydrogens (tertiary/aromatic N) is 2. The highest BCUT2D eigenvalue weighted by molar-refractivity contribution is 7.13. The van der Waals surface area contributed by atoms with Crippen molar-refractivity contribution >= 4 is 22.9 Å². The SMILES string of the molecule is O=C(Nc1ccc(F)cc1)c1nnc(C2CCCNC2)s1. The van der Waals surface area contributed by atoms with Crippen molar-refractivity contribution < 1.29 is 9.18 Å². The number of piperidine rings is 1. The summed E-state index contributed by atoms with van der Waals surface area (Å²) in [5.74, 6) is -0.311. The molecule has 0 radical (unpaired) electrons. The maximum Gasteiger partial charge on any atom is 0.286 e. The molecule has 2 heterocycles. The van der Waals surface area contributed by atoms with Crippen LogP contribution in [0.15, 0.2) is 24.3 Å². The Kier molecular flexibility index (Phi) is 4.21. The van der Waals surface area contributed by atoms with Crippen LogP contribution in [-0.4, -0.2) is 29.2 Å². The fourth-order valence-corrected chi connectivity index (χ4v) is 3.14. The standard InChI is InChI=1S/C14H15FN4OS/c15-10-3-5-11(6-4-10)17-12(20)14-19-18-13(21-14)9-2-1-7-16-8-9/h3-6,9,16H,1-2,7-8H2,(H,17,20). The third-order valence-electron chi connectivity index (χ3n) is 3.38. The van der Waals surface area contributed by atoms with Crippen LogP contribution in [-0.2, 0) is 0 Å². The van der Waals surface area contributed by atoms with Gasteiger partial charge in [0.05, 0.1) is 0 Å². The first kappa shape index (κ1) is 14.1. The van der Waals surface area contributed by atoms with Gasteiger partial charge in [-0.2, -0.15) is 0 Å². The number of carbonyl (C=O) groups excluding carboxylic acids is 1. The Morgan fingerprint density at radius 2 is 2.14 bits per heavy atom. The number of anilines is 1. The zero-order valence-corrected chi connectivity index (χ0v) is 12.1. The topological polar surface area (TPSA) is 66.9 Å². The van der Waals surface area contributed by atoms with Crippen LogP contribution in [0, 0.1) is 5.82 Å². The highest BCUT2D eigenvalue weighted by atomic mass is 32.1. The Morgan fingerprint density at radius 1 is 1.33 bits per heavy atom. The van der Waals surface area contributed by atoms with E-state index in [-0.39, 0.29) is 11.7 Å². The minimum Gasteiger partial charge on any atom is -0.320 e. The summed E-state index contributed by atoms with van der Waals surface area (Å²) in [5, 5.41) is 15.3. The lowest BCUT2D eigenvalue weighted by Gasteiger charge is -2.19. The molecule has 1 aromatic carbocycles. The molecule has 0 bridgehead atoms. The molecular formula is C14H15FN4OS. The molecule has 1 atom stereocenters. The molecule has 1 amide bonds. The van der Waals surface area contributed by atoms with E-state index in [0.29, 0.717) is 16.6 Å². The highest BCUT2D eigenvalue weighted by Gasteiger charge is 2.21. The largest absolute Gasteiger partial charge is 0.320 e. The van der Waals surface area contributed by atoms with E-state index in [2.05, 4.69) is 20.8 Å². The van der Waals surface area contributed by atoms with Gasteiger partial charge in [0.1, 0.15) is 10.8 Å². The predicted molar refractivity (Wildman–Crippen MR) is 79.1 cm³/mol. The van der Waals surface area contributed by atoms with Gasteiger partial charge in [0.25, 0.3) is 5.91 Å². The maximum absolute atomic E-state index is 12.8. The summed E-state index contributed by atoms with van der Waals surface area (Å²) < 4.78 is 12.8. The number of carbonyl (C=O) groups is 1. The zero-order chi connectivity index (χ0) is 14.7. The van der Waals surface area contributed by atoms with Crippen LogP contribution in [0.4, 0.5) is 10.1 Å². The molecule has 1 aliphatic heterocycles. The van der Waals surface area contributed by atoms with Crippen molar-refractivity contribution in [3.05, 3.63) is 40.1 Å². The van der Waals surface area contributed by atoms with E-state index in [9.17, 15) is 9.18 Å². The highest BCUT2D eigenvalue weighted by Crippen LogP contribution is 2.26. The second-order valence-corrected chi connectivity index (χ2v) is 5.96. The van der Waals surface area contributed by atoms with Gasteiger partial charge in [-0.1, -0.05) is 11.3 Å². The van der Waals surface area contributed by atoms with E-state index < -0.39 is 0 Å². The molecule has 1 fully saturated rings. The summed E-state index contributed by atoms with van der Waals surface area (Å²) in [7, 11) is 0. The molecule has 5 nitrogen and oxygen atoms in total. The Morgan fingerprint density at radius 3 is 2.86 bits per heavy atom. The van der Waals surface area contributed by atoms with Gasteiger partial charge in [-0.15, -0.1) is 10.2 Å². The molecule has 7 heteroatoms. The van der Waals surface area contributed by atoms with Crippen molar-refractivity contribution in [1.29, 1.82) is 0 Å². The molecule has 3 rings (SSSR count). The number of rotatable bonds is 3. The number of amides is 1. The van der Waals surface area contributed by atoms with E-state index >= 15 is 0 Å². The van der Waals surface area contributed by atoms with Gasteiger partial charge in [0, 0.05) is 18.2 Å². The third kappa shape index (κ3) is 3.43. The van der Waals surface area contributed by atoms with E-state index in [1.165, 1.54) is 35.6 Å². The first-order chi connectivity index (χ1) is 10.2. The fourth-order valence-electron chi connectivity index (χ4n) is 2.27. The summed E-state index contributed by atoms with van der Waals surface area (Å²) >= 11 is 1.32. The molecule has 1 unspecified atom stereocenters. The number of nitrogens with one attached hydrogen (secondary N) is 2. The summed E-state index contributed by atoms with van der Waals surface area (Å²) in [6.45, 7) is 1.92. The van der Waals surface area contributed by atoms with Crippen molar-refractivity contribution in [2.24, 2.45) is 0 Å². The lowest BCUT2D eigenvalue weighted by Crippen LogP contribution is -2.28. The van der Waals surface area contributed by atoms with E-state index in [1.54, 1.807) is 0 Å². The molecular weight excluding hydrogens is 291 g/mol. The lowest BCUT2D eigenvalue weighted by atomic mass is 10.0. The number of benzene rings is 1. The van der Waals surface area contributed by atoms with Crippen LogP contribution in [0.3, 0.4) is 0 Å². The van der Waals surface area contributed by atoms with Gasteiger partial charge in [0.15, 0.2) is 0 Å². The average molecular weight is 306 g/mol. The molecule has 1 aliphatic rings. The van der Waals surface area contributed by atoms with E-state index in [4.69, 9.17) is 0 Å². The maximum atomic E-state index is 12.8. The number of aromatic nitrogens is 2. The summed E-state index contributed by atoms with van der Waals surface area (Å²) in [5.41, 5.74) is 0.539. The van der Waals surface area contributed by atoms with Gasteiger partial charge in [-0.05, 0) is 43.7 Å². The average Bonchev–Trinajstić information content (AvgIpc) is 3.00. The Labute approximate surface area is 125 Å². The first-order valence-corrected chi connectivity index (χ1v) is 7.65. The van der Waals surface area contributed by atoms with Crippen LogP contribution in [0.1, 0.15) is 33.6 Å². The zero-order valence-electron chi connectivity index (χ0n) is 11.3. The second-order valence-electron chi connectivity index (χ2n) is 4.95. The Bertz CT molecular complexity index is 622. The third-order valence-corrected chi connectivity index (χ3v) is 4.47. The van der Waals surface area contributed by atoms with Gasteiger partial charge in [-0.3, -0.25) is 4.79 Å². The summed E-state index contributed by atoms with van der Waals surface area (Å²) in [6, 6.07) is 5.63. The fraction of sp³-hybridized carbons (Fsp3) is 0.357. The van der Waals surface area contributed by atoms with Crippen molar-refractivity contribution in [3.8, 4) is 0 Å². The molecule has 0 spiro atoms. The van der Waals surface area contributed by atoms with Crippen LogP contribution >= 0.6 is 11.3 Å². The van der Waals surface area contributed by atoms with Crippen LogP contribution in [0.25, 0.3) is 0 Å². The van der Waals surface area contributed by atoms with Gasteiger partial charge < -0.3 is 10.6 Å². The first-order valence-electron chi connectivity index (χ1n) is 6.83. The van der Waals surface area contributed by atoms with E-state index in [1.807, 2.05) is 0 Å². The molecule has 0 saturated carbocycles. The molecule has 1 aromatic heterocycles. The molecule has 2 aromatic rings. The minimum atomic E-state index is -0.337. The number of hydrogen-bond acceptors (Lipinski definition) is 5. The van der Waals surface area contributed by atoms with E-state index in [0.717, 1.165) is 30.9 Å². The smallest absolute Gasteiger partial charge is 0.286 e. The monoisotopic (exact) mass is 306 g/mol. The quantitative estimate of drug-likeness (QED) is 0.914. The summed E-state index contributed by atoms with van der Waals surface area (Å²) in [6.07, 6.45) is 2.18. The lowest BCUT2D eigenvalue weighted by molar-refractivity contribution is 0.102. The normalized spacial score (nSPS) is 18.4. The van der Waals surface area contributed by atoms with Gasteiger partial charge in [0.2, 0.25) is 5.01 Å². The second kappa shape index (κ2) is 6.28. The van der Waals surface area contributed by atoms with Crippen LogP contribution in [0.2, 0.25) is 0 Å². The van der Waals surface area contributed by atoms with Crippen LogP contribution < -0.4 is 10.6 Å². The minimum absolute atomic E-state index is 0.311. The van der Waals surface area contributed by atoms with Crippen molar-refractivity contribution in [3.63, 3.8) is 0 Å². The van der Waals surface area contributed by atoms with Crippen molar-refractivity contribution in [2.75, 3.05) is 18.4 Å². The molecule has 2 N–H and O–H groups in total.